The topological polar surface area (TPSA) is 37.8 Å². The Morgan fingerprint density at radius 3 is 3.07 bits per heavy atom. The standard InChI is InChI=1S/C10H14ClN3S/c1-15-8-3-2-7(4-8)14-10-9(11)5-12-6-13-10/h5-8H,2-4H2,1H3,(H,12,13,14). The average molecular weight is 244 g/mol. The van der Waals surface area contributed by atoms with Crippen molar-refractivity contribution < 1.29 is 0 Å². The lowest BCUT2D eigenvalue weighted by Crippen LogP contribution is -2.17. The van der Waals surface area contributed by atoms with Crippen LogP contribution in [-0.4, -0.2) is 27.5 Å². The molecule has 1 aromatic heterocycles. The van der Waals surface area contributed by atoms with E-state index in [4.69, 9.17) is 11.6 Å². The number of nitrogens with one attached hydrogen (secondary N) is 1. The number of hydrogen-bond donors (Lipinski definition) is 1. The molecule has 15 heavy (non-hydrogen) atoms. The quantitative estimate of drug-likeness (QED) is 0.886. The summed E-state index contributed by atoms with van der Waals surface area (Å²) in [6.45, 7) is 0. The lowest BCUT2D eigenvalue weighted by Gasteiger charge is -2.13. The Kier molecular flexibility index (Phi) is 3.70. The Bertz CT molecular complexity index is 334. The number of rotatable bonds is 3. The zero-order chi connectivity index (χ0) is 10.7. The highest BCUT2D eigenvalue weighted by molar-refractivity contribution is 7.99. The minimum atomic E-state index is 0.509. The minimum absolute atomic E-state index is 0.509. The summed E-state index contributed by atoms with van der Waals surface area (Å²) in [5, 5.41) is 4.76. The molecule has 0 amide bonds. The van der Waals surface area contributed by atoms with E-state index in [0.29, 0.717) is 11.1 Å². The van der Waals surface area contributed by atoms with Gasteiger partial charge in [-0.25, -0.2) is 9.97 Å². The second-order valence-corrected chi connectivity index (χ2v) is 5.28. The molecule has 82 valence electrons. The highest BCUT2D eigenvalue weighted by Gasteiger charge is 2.24. The molecule has 0 aromatic carbocycles. The molecule has 0 aliphatic heterocycles. The van der Waals surface area contributed by atoms with Crippen LogP contribution in [0.4, 0.5) is 5.82 Å². The van der Waals surface area contributed by atoms with Crippen LogP contribution >= 0.6 is 23.4 Å². The molecule has 0 saturated heterocycles. The van der Waals surface area contributed by atoms with Crippen LogP contribution in [0, 0.1) is 0 Å². The van der Waals surface area contributed by atoms with Gasteiger partial charge in [0.25, 0.3) is 0 Å². The monoisotopic (exact) mass is 243 g/mol. The van der Waals surface area contributed by atoms with Gasteiger partial charge in [-0.2, -0.15) is 11.8 Å². The summed E-state index contributed by atoms with van der Waals surface area (Å²) < 4.78 is 0. The summed E-state index contributed by atoms with van der Waals surface area (Å²) in [6, 6.07) is 0.509. The van der Waals surface area contributed by atoms with Crippen LogP contribution in [0.1, 0.15) is 19.3 Å². The van der Waals surface area contributed by atoms with Crippen molar-refractivity contribution in [3.05, 3.63) is 17.5 Å². The summed E-state index contributed by atoms with van der Waals surface area (Å²) in [5.74, 6) is 0.762. The van der Waals surface area contributed by atoms with Crippen molar-refractivity contribution in [1.82, 2.24) is 9.97 Å². The molecule has 2 atom stereocenters. The molecule has 1 fully saturated rings. The van der Waals surface area contributed by atoms with Crippen LogP contribution in [0.25, 0.3) is 0 Å². The maximum absolute atomic E-state index is 5.98. The number of aromatic nitrogens is 2. The van der Waals surface area contributed by atoms with Crippen molar-refractivity contribution in [1.29, 1.82) is 0 Å². The number of thioether (sulfide) groups is 1. The van der Waals surface area contributed by atoms with E-state index in [1.807, 2.05) is 11.8 Å². The van der Waals surface area contributed by atoms with Crippen molar-refractivity contribution in [2.45, 2.75) is 30.6 Å². The van der Waals surface area contributed by atoms with Gasteiger partial charge in [-0.15, -0.1) is 0 Å². The van der Waals surface area contributed by atoms with E-state index in [1.54, 1.807) is 6.20 Å². The van der Waals surface area contributed by atoms with Gasteiger partial charge < -0.3 is 5.32 Å². The fraction of sp³-hybridized carbons (Fsp3) is 0.600. The summed E-state index contributed by atoms with van der Waals surface area (Å²) in [6.07, 6.45) is 8.99. The molecule has 1 aliphatic carbocycles. The van der Waals surface area contributed by atoms with Crippen molar-refractivity contribution in [2.75, 3.05) is 11.6 Å². The molecule has 0 bridgehead atoms. The molecule has 1 saturated carbocycles. The Hall–Kier alpha value is -0.480. The van der Waals surface area contributed by atoms with Gasteiger partial charge in [0.2, 0.25) is 0 Å². The highest BCUT2D eigenvalue weighted by atomic mass is 35.5. The zero-order valence-electron chi connectivity index (χ0n) is 8.61. The molecule has 2 rings (SSSR count). The highest BCUT2D eigenvalue weighted by Crippen LogP contribution is 2.30. The summed E-state index contributed by atoms with van der Waals surface area (Å²) >= 11 is 7.93. The lowest BCUT2D eigenvalue weighted by molar-refractivity contribution is 0.751. The summed E-state index contributed by atoms with van der Waals surface area (Å²) in [7, 11) is 0. The van der Waals surface area contributed by atoms with Crippen LogP contribution < -0.4 is 5.32 Å². The molecule has 0 radical (unpaired) electrons. The molecule has 1 aliphatic rings. The zero-order valence-corrected chi connectivity index (χ0v) is 10.2. The van der Waals surface area contributed by atoms with Crippen molar-refractivity contribution >= 4 is 29.2 Å². The summed E-state index contributed by atoms with van der Waals surface area (Å²) in [5.41, 5.74) is 0. The van der Waals surface area contributed by atoms with Crippen LogP contribution in [0.5, 0.6) is 0 Å². The maximum atomic E-state index is 5.98. The largest absolute Gasteiger partial charge is 0.366 e. The van der Waals surface area contributed by atoms with E-state index in [0.717, 1.165) is 11.1 Å². The van der Waals surface area contributed by atoms with Gasteiger partial charge in [0.05, 0.1) is 6.20 Å². The Balaban J connectivity index is 1.96. The molecule has 1 aromatic rings. The average Bonchev–Trinajstić information content (AvgIpc) is 2.69. The van der Waals surface area contributed by atoms with Crippen molar-refractivity contribution in [3.8, 4) is 0 Å². The second kappa shape index (κ2) is 5.03. The number of nitrogens with zero attached hydrogens (tertiary/aromatic N) is 2. The van der Waals surface area contributed by atoms with Gasteiger partial charge in [0, 0.05) is 11.3 Å². The van der Waals surface area contributed by atoms with Gasteiger partial charge in [-0.1, -0.05) is 11.6 Å². The Labute approximate surface area is 99.0 Å². The molecule has 5 heteroatoms. The molecular weight excluding hydrogens is 230 g/mol. The smallest absolute Gasteiger partial charge is 0.148 e. The first-order chi connectivity index (χ1) is 7.29. The van der Waals surface area contributed by atoms with Gasteiger partial charge in [0.15, 0.2) is 0 Å². The maximum Gasteiger partial charge on any atom is 0.148 e. The van der Waals surface area contributed by atoms with E-state index in [9.17, 15) is 0 Å². The molecule has 1 heterocycles. The fourth-order valence-corrected chi connectivity index (χ4v) is 2.85. The van der Waals surface area contributed by atoms with Gasteiger partial charge >= 0.3 is 0 Å². The lowest BCUT2D eigenvalue weighted by atomic mass is 10.2. The number of hydrogen-bond acceptors (Lipinski definition) is 4. The third-order valence-corrected chi connectivity index (χ3v) is 4.10. The van der Waals surface area contributed by atoms with E-state index >= 15 is 0 Å². The van der Waals surface area contributed by atoms with E-state index in [-0.39, 0.29) is 0 Å². The third-order valence-electron chi connectivity index (χ3n) is 2.73. The first-order valence-corrected chi connectivity index (χ1v) is 6.71. The van der Waals surface area contributed by atoms with Crippen LogP contribution in [0.15, 0.2) is 12.5 Å². The van der Waals surface area contributed by atoms with Gasteiger partial charge in [-0.3, -0.25) is 0 Å². The number of halogens is 1. The second-order valence-electron chi connectivity index (χ2n) is 3.73. The Morgan fingerprint density at radius 2 is 2.40 bits per heavy atom. The Morgan fingerprint density at radius 1 is 1.53 bits per heavy atom. The number of anilines is 1. The predicted molar refractivity (Wildman–Crippen MR) is 65.6 cm³/mol. The predicted octanol–water partition coefficient (Wildman–Crippen LogP) is 2.83. The molecule has 1 N–H and O–H groups in total. The first-order valence-electron chi connectivity index (χ1n) is 5.04. The van der Waals surface area contributed by atoms with Crippen LogP contribution in [-0.2, 0) is 0 Å². The van der Waals surface area contributed by atoms with Gasteiger partial charge in [0.1, 0.15) is 17.2 Å². The van der Waals surface area contributed by atoms with Crippen molar-refractivity contribution in [2.24, 2.45) is 0 Å². The minimum Gasteiger partial charge on any atom is -0.366 e. The third kappa shape index (κ3) is 2.75. The van der Waals surface area contributed by atoms with Crippen LogP contribution in [0.3, 0.4) is 0 Å². The van der Waals surface area contributed by atoms with E-state index in [1.165, 1.54) is 25.6 Å². The van der Waals surface area contributed by atoms with Crippen LogP contribution in [0.2, 0.25) is 5.02 Å². The summed E-state index contributed by atoms with van der Waals surface area (Å²) in [4.78, 5) is 8.00. The molecule has 0 spiro atoms. The normalized spacial score (nSPS) is 25.5. The first kappa shape index (κ1) is 11.0. The fourth-order valence-electron chi connectivity index (χ4n) is 1.90. The van der Waals surface area contributed by atoms with E-state index in [2.05, 4.69) is 21.5 Å². The molecule has 2 unspecified atom stereocenters. The molecule has 3 nitrogen and oxygen atoms in total. The SMILES string of the molecule is CSC1CCC(Nc2ncncc2Cl)C1. The van der Waals surface area contributed by atoms with Gasteiger partial charge in [-0.05, 0) is 25.5 Å². The van der Waals surface area contributed by atoms with E-state index < -0.39 is 0 Å². The van der Waals surface area contributed by atoms with Crippen molar-refractivity contribution in [3.63, 3.8) is 0 Å². The molecular formula is C10H14ClN3S.